The normalized spacial score (nSPS) is 10.4. The molecule has 0 aliphatic heterocycles. The van der Waals surface area contributed by atoms with Gasteiger partial charge in [-0.15, -0.1) is 0 Å². The highest BCUT2D eigenvalue weighted by atomic mass is 16.5. The third-order valence-electron chi connectivity index (χ3n) is 3.69. The fourth-order valence-corrected chi connectivity index (χ4v) is 2.61. The molecule has 2 rings (SSSR count). The zero-order valence-electron chi connectivity index (χ0n) is 12.4. The van der Waals surface area contributed by atoms with Crippen LogP contribution in [0, 0.1) is 0 Å². The average Bonchev–Trinajstić information content (AvgIpc) is 2.52. The van der Waals surface area contributed by atoms with E-state index in [0.29, 0.717) is 5.75 Å². The molecule has 0 amide bonds. The zero-order valence-corrected chi connectivity index (χ0v) is 12.4. The number of para-hydroxylation sites is 1. The molecule has 2 aromatic rings. The van der Waals surface area contributed by atoms with Gasteiger partial charge in [-0.1, -0.05) is 43.3 Å². The predicted molar refractivity (Wildman–Crippen MR) is 83.2 cm³/mol. The summed E-state index contributed by atoms with van der Waals surface area (Å²) in [5.41, 5.74) is 3.80. The van der Waals surface area contributed by atoms with E-state index in [1.165, 1.54) is 18.2 Å². The Balaban J connectivity index is 2.24. The van der Waals surface area contributed by atoms with Crippen molar-refractivity contribution >= 4 is 5.97 Å². The number of benzene rings is 2. The van der Waals surface area contributed by atoms with E-state index in [-0.39, 0.29) is 5.56 Å². The summed E-state index contributed by atoms with van der Waals surface area (Å²) in [7, 11) is 1.52. The van der Waals surface area contributed by atoms with Gasteiger partial charge in [-0.2, -0.15) is 0 Å². The fraction of sp³-hybridized carbons (Fsp3) is 0.278. The number of rotatable bonds is 6. The average molecular weight is 284 g/mol. The van der Waals surface area contributed by atoms with E-state index in [1.807, 2.05) is 18.2 Å². The van der Waals surface area contributed by atoms with Crippen molar-refractivity contribution in [2.24, 2.45) is 0 Å². The molecule has 3 nitrogen and oxygen atoms in total. The maximum Gasteiger partial charge on any atom is 0.339 e. The molecule has 0 radical (unpaired) electrons. The van der Waals surface area contributed by atoms with Gasteiger partial charge in [0.05, 0.1) is 7.11 Å². The lowest BCUT2D eigenvalue weighted by atomic mass is 9.97. The van der Waals surface area contributed by atoms with Gasteiger partial charge >= 0.3 is 5.97 Å². The highest BCUT2D eigenvalue weighted by molar-refractivity contribution is 5.91. The Hall–Kier alpha value is -2.29. The minimum Gasteiger partial charge on any atom is -0.496 e. The van der Waals surface area contributed by atoms with E-state index in [2.05, 4.69) is 19.1 Å². The van der Waals surface area contributed by atoms with Crippen molar-refractivity contribution in [3.8, 4) is 5.75 Å². The summed E-state index contributed by atoms with van der Waals surface area (Å²) in [4.78, 5) is 11.2. The number of carbonyl (C=O) groups is 1. The highest BCUT2D eigenvalue weighted by Gasteiger charge is 2.14. The van der Waals surface area contributed by atoms with Gasteiger partial charge in [0.25, 0.3) is 0 Å². The number of carboxylic acids is 1. The van der Waals surface area contributed by atoms with Crippen molar-refractivity contribution in [3.63, 3.8) is 0 Å². The van der Waals surface area contributed by atoms with Crippen LogP contribution in [0.1, 0.15) is 34.0 Å². The third kappa shape index (κ3) is 3.43. The van der Waals surface area contributed by atoms with E-state index >= 15 is 0 Å². The monoisotopic (exact) mass is 284 g/mol. The van der Waals surface area contributed by atoms with Crippen molar-refractivity contribution in [2.75, 3.05) is 7.11 Å². The van der Waals surface area contributed by atoms with Crippen LogP contribution >= 0.6 is 0 Å². The quantitative estimate of drug-likeness (QED) is 0.879. The first-order chi connectivity index (χ1) is 10.2. The minimum atomic E-state index is -0.956. The second kappa shape index (κ2) is 6.93. The van der Waals surface area contributed by atoms with E-state index in [0.717, 1.165) is 24.8 Å². The molecule has 110 valence electrons. The molecule has 3 heteroatoms. The lowest BCUT2D eigenvalue weighted by Gasteiger charge is -2.12. The Morgan fingerprint density at radius 1 is 1.00 bits per heavy atom. The van der Waals surface area contributed by atoms with E-state index in [1.54, 1.807) is 12.1 Å². The summed E-state index contributed by atoms with van der Waals surface area (Å²) < 4.78 is 5.30. The van der Waals surface area contributed by atoms with Crippen molar-refractivity contribution in [3.05, 3.63) is 64.7 Å². The van der Waals surface area contributed by atoms with Crippen LogP contribution in [0.15, 0.2) is 42.5 Å². The molecule has 1 N–H and O–H groups in total. The molecule has 0 spiro atoms. The van der Waals surface area contributed by atoms with Gasteiger partial charge in [0.2, 0.25) is 0 Å². The summed E-state index contributed by atoms with van der Waals surface area (Å²) in [5, 5.41) is 9.21. The summed E-state index contributed by atoms with van der Waals surface area (Å²) in [6.45, 7) is 2.14. The van der Waals surface area contributed by atoms with Crippen LogP contribution < -0.4 is 4.74 Å². The second-order valence-corrected chi connectivity index (χ2v) is 4.93. The highest BCUT2D eigenvalue weighted by Crippen LogP contribution is 2.25. The standard InChI is InChI=1S/C18H20O3/c1-3-13-7-4-5-8-14(13)11-12-15-9-6-10-16(18(19)20)17(15)21-2/h4-10H,3,11-12H2,1-2H3,(H,19,20). The van der Waals surface area contributed by atoms with E-state index < -0.39 is 5.97 Å². The predicted octanol–water partition coefficient (Wildman–Crippen LogP) is 3.74. The lowest BCUT2D eigenvalue weighted by Crippen LogP contribution is -2.04. The molecule has 2 aromatic carbocycles. The number of methoxy groups -OCH3 is 1. The second-order valence-electron chi connectivity index (χ2n) is 4.93. The Morgan fingerprint density at radius 3 is 2.24 bits per heavy atom. The molecule has 0 heterocycles. The molecule has 0 fully saturated rings. The number of carboxylic acid groups (broad SMARTS) is 1. The van der Waals surface area contributed by atoms with Gasteiger partial charge in [-0.25, -0.2) is 4.79 Å². The molecule has 21 heavy (non-hydrogen) atoms. The first kappa shape index (κ1) is 15.1. The van der Waals surface area contributed by atoms with E-state index in [4.69, 9.17) is 4.74 Å². The zero-order chi connectivity index (χ0) is 15.2. The van der Waals surface area contributed by atoms with Gasteiger partial charge in [-0.05, 0) is 42.0 Å². The van der Waals surface area contributed by atoms with Gasteiger partial charge in [-0.3, -0.25) is 0 Å². The van der Waals surface area contributed by atoms with Gasteiger partial charge in [0.1, 0.15) is 11.3 Å². The number of hydrogen-bond acceptors (Lipinski definition) is 2. The Labute approximate surface area is 125 Å². The molecule has 0 atom stereocenters. The molecular formula is C18H20O3. The topological polar surface area (TPSA) is 46.5 Å². The Morgan fingerprint density at radius 2 is 1.62 bits per heavy atom. The number of hydrogen-bond donors (Lipinski definition) is 1. The molecule has 0 saturated heterocycles. The molecule has 0 aromatic heterocycles. The summed E-state index contributed by atoms with van der Waals surface area (Å²) in [6.07, 6.45) is 2.65. The van der Waals surface area contributed by atoms with Crippen LogP contribution in [0.3, 0.4) is 0 Å². The van der Waals surface area contributed by atoms with Crippen LogP contribution in [0.2, 0.25) is 0 Å². The number of aryl methyl sites for hydroxylation is 3. The maximum atomic E-state index is 11.2. The molecule has 0 bridgehead atoms. The number of aromatic carboxylic acids is 1. The summed E-state index contributed by atoms with van der Waals surface area (Å²) in [5.74, 6) is -0.485. The van der Waals surface area contributed by atoms with Gasteiger partial charge in [0.15, 0.2) is 0 Å². The maximum absolute atomic E-state index is 11.2. The van der Waals surface area contributed by atoms with Crippen LogP contribution in [0.25, 0.3) is 0 Å². The molecular weight excluding hydrogens is 264 g/mol. The lowest BCUT2D eigenvalue weighted by molar-refractivity contribution is 0.0693. The first-order valence-electron chi connectivity index (χ1n) is 7.13. The fourth-order valence-electron chi connectivity index (χ4n) is 2.61. The minimum absolute atomic E-state index is 0.221. The largest absolute Gasteiger partial charge is 0.496 e. The molecule has 0 aliphatic carbocycles. The van der Waals surface area contributed by atoms with Crippen molar-refractivity contribution < 1.29 is 14.6 Å². The third-order valence-corrected chi connectivity index (χ3v) is 3.69. The van der Waals surface area contributed by atoms with Gasteiger partial charge in [0, 0.05) is 0 Å². The van der Waals surface area contributed by atoms with Crippen molar-refractivity contribution in [1.29, 1.82) is 0 Å². The molecule has 0 aliphatic rings. The van der Waals surface area contributed by atoms with Crippen LogP contribution in [-0.2, 0) is 19.3 Å². The van der Waals surface area contributed by atoms with Crippen molar-refractivity contribution in [1.82, 2.24) is 0 Å². The van der Waals surface area contributed by atoms with Crippen molar-refractivity contribution in [2.45, 2.75) is 26.2 Å². The van der Waals surface area contributed by atoms with Gasteiger partial charge < -0.3 is 9.84 Å². The smallest absolute Gasteiger partial charge is 0.339 e. The Bertz CT molecular complexity index is 632. The Kier molecular flexibility index (Phi) is 4.99. The molecule has 0 unspecified atom stereocenters. The summed E-state index contributed by atoms with van der Waals surface area (Å²) in [6, 6.07) is 13.6. The number of ether oxygens (including phenoxy) is 1. The molecule has 0 saturated carbocycles. The van der Waals surface area contributed by atoms with Crippen LogP contribution in [-0.4, -0.2) is 18.2 Å². The van der Waals surface area contributed by atoms with E-state index in [9.17, 15) is 9.90 Å². The first-order valence-corrected chi connectivity index (χ1v) is 7.13. The van der Waals surface area contributed by atoms with Crippen LogP contribution in [0.5, 0.6) is 5.75 Å². The summed E-state index contributed by atoms with van der Waals surface area (Å²) >= 11 is 0. The SMILES string of the molecule is CCc1ccccc1CCc1cccc(C(=O)O)c1OC. The van der Waals surface area contributed by atoms with Crippen LogP contribution in [0.4, 0.5) is 0 Å².